The Bertz CT molecular complexity index is 1130. The zero-order chi connectivity index (χ0) is 24.3. The Hall–Kier alpha value is -2.62. The summed E-state index contributed by atoms with van der Waals surface area (Å²) in [7, 11) is -1.13. The molecule has 2 heterocycles. The second-order valence-corrected chi connectivity index (χ2v) is 14.6. The van der Waals surface area contributed by atoms with E-state index in [0.29, 0.717) is 17.1 Å². The Morgan fingerprint density at radius 3 is 2.39 bits per heavy atom. The van der Waals surface area contributed by atoms with Crippen LogP contribution < -0.4 is 10.6 Å². The molecule has 4 rings (SSSR count). The molecular formula is C23H31F2N5O2S. The lowest BCUT2D eigenvalue weighted by Gasteiger charge is -2.53. The van der Waals surface area contributed by atoms with Crippen LogP contribution in [0.4, 0.5) is 25.1 Å². The van der Waals surface area contributed by atoms with Crippen molar-refractivity contribution in [2.75, 3.05) is 29.4 Å². The van der Waals surface area contributed by atoms with Gasteiger partial charge in [-0.15, -0.1) is 0 Å². The molecule has 7 nitrogen and oxygen atoms in total. The molecule has 3 amide bonds. The van der Waals surface area contributed by atoms with E-state index in [2.05, 4.69) is 39.6 Å². The van der Waals surface area contributed by atoms with E-state index in [1.165, 1.54) is 17.9 Å². The largest absolute Gasteiger partial charge is 0.323 e. The number of hydrogen-bond acceptors (Lipinski definition) is 3. The lowest BCUT2D eigenvalue weighted by atomic mass is 9.83. The number of rotatable bonds is 4. The van der Waals surface area contributed by atoms with E-state index < -0.39 is 38.9 Å². The molecule has 0 unspecified atom stereocenters. The van der Waals surface area contributed by atoms with Crippen LogP contribution in [0.2, 0.25) is 0 Å². The molecule has 0 atom stereocenters. The Morgan fingerprint density at radius 1 is 1.15 bits per heavy atom. The minimum atomic E-state index is -1.13. The van der Waals surface area contributed by atoms with Gasteiger partial charge in [0.15, 0.2) is 11.6 Å². The number of nitrogens with zero attached hydrogens (tertiary/aromatic N) is 2. The van der Waals surface area contributed by atoms with Crippen LogP contribution in [0.25, 0.3) is 0 Å². The van der Waals surface area contributed by atoms with E-state index in [-0.39, 0.29) is 22.8 Å². The van der Waals surface area contributed by atoms with Gasteiger partial charge in [-0.1, -0.05) is 6.07 Å². The lowest BCUT2D eigenvalue weighted by molar-refractivity contribution is -0.120. The maximum atomic E-state index is 14.4. The van der Waals surface area contributed by atoms with E-state index in [1.807, 2.05) is 13.8 Å². The zero-order valence-electron chi connectivity index (χ0n) is 19.9. The summed E-state index contributed by atoms with van der Waals surface area (Å²) in [4.78, 5) is 27.8. The molecule has 33 heavy (non-hydrogen) atoms. The quantitative estimate of drug-likeness (QED) is 0.586. The Balaban J connectivity index is 1.57. The molecule has 1 aliphatic heterocycles. The number of nitrogens with one attached hydrogen (secondary N) is 3. The Morgan fingerprint density at radius 2 is 1.82 bits per heavy atom. The first kappa shape index (κ1) is 23.5. The Kier molecular flexibility index (Phi) is 5.50. The van der Waals surface area contributed by atoms with Gasteiger partial charge >= 0.3 is 6.03 Å². The summed E-state index contributed by atoms with van der Waals surface area (Å²) in [6.45, 7) is 5.28. The normalized spacial score (nSPS) is 19.0. The molecule has 0 radical (unpaired) electrons. The predicted octanol–water partition coefficient (Wildman–Crippen LogP) is 4.83. The number of carbonyl (C=O) groups is 2. The number of halogens is 2. The average Bonchev–Trinajstić information content (AvgIpc) is 3.18. The number of carbonyl (C=O) groups excluding carboxylic acids is 2. The van der Waals surface area contributed by atoms with Crippen LogP contribution in [-0.4, -0.2) is 50.5 Å². The first-order valence-corrected chi connectivity index (χ1v) is 13.8. The van der Waals surface area contributed by atoms with Crippen molar-refractivity contribution in [3.63, 3.8) is 0 Å². The summed E-state index contributed by atoms with van der Waals surface area (Å²) in [5.74, 6) is -1.27. The summed E-state index contributed by atoms with van der Waals surface area (Å²) < 4.78 is 28.2. The summed E-state index contributed by atoms with van der Waals surface area (Å²) in [5, 5.41) is 12.7. The summed E-state index contributed by atoms with van der Waals surface area (Å²) in [5.41, 5.74) is 0.321. The van der Waals surface area contributed by atoms with Gasteiger partial charge in [0.25, 0.3) is 0 Å². The minimum Gasteiger partial charge on any atom is -0.309 e. The molecule has 1 aromatic carbocycles. The number of aromatic amines is 1. The van der Waals surface area contributed by atoms with Crippen molar-refractivity contribution in [3.8, 4) is 0 Å². The van der Waals surface area contributed by atoms with Gasteiger partial charge in [-0.05, 0) is 70.4 Å². The maximum absolute atomic E-state index is 14.4. The third kappa shape index (κ3) is 3.59. The first-order chi connectivity index (χ1) is 15.3. The van der Waals surface area contributed by atoms with Crippen LogP contribution in [0.1, 0.15) is 49.9 Å². The van der Waals surface area contributed by atoms with Crippen molar-refractivity contribution < 1.29 is 18.4 Å². The number of aromatic nitrogens is 2. The first-order valence-electron chi connectivity index (χ1n) is 10.9. The van der Waals surface area contributed by atoms with E-state index in [9.17, 15) is 18.4 Å². The fraction of sp³-hybridized carbons (Fsp3) is 0.522. The molecule has 0 spiro atoms. The molecule has 10 heteroatoms. The third-order valence-electron chi connectivity index (χ3n) is 7.21. The van der Waals surface area contributed by atoms with Gasteiger partial charge in [0.2, 0.25) is 5.91 Å². The van der Waals surface area contributed by atoms with Crippen LogP contribution >= 0.6 is 10.0 Å². The summed E-state index contributed by atoms with van der Waals surface area (Å²) >= 11 is 0. The van der Waals surface area contributed by atoms with E-state index in [4.69, 9.17) is 0 Å². The minimum absolute atomic E-state index is 0.0323. The highest BCUT2D eigenvalue weighted by molar-refractivity contribution is 8.33. The monoisotopic (exact) mass is 479 g/mol. The van der Waals surface area contributed by atoms with Gasteiger partial charge in [0.05, 0.1) is 22.5 Å². The average molecular weight is 480 g/mol. The highest BCUT2D eigenvalue weighted by atomic mass is 32.3. The smallest absolute Gasteiger partial charge is 0.309 e. The van der Waals surface area contributed by atoms with E-state index in [1.54, 1.807) is 0 Å². The van der Waals surface area contributed by atoms with Crippen molar-refractivity contribution in [1.29, 1.82) is 0 Å². The van der Waals surface area contributed by atoms with E-state index in [0.717, 1.165) is 25.3 Å². The van der Waals surface area contributed by atoms with Crippen LogP contribution in [0.15, 0.2) is 12.1 Å². The fourth-order valence-corrected chi connectivity index (χ4v) is 6.85. The molecular weight excluding hydrogens is 448 g/mol. The molecule has 1 aliphatic carbocycles. The molecule has 1 fully saturated rings. The van der Waals surface area contributed by atoms with E-state index >= 15 is 0 Å². The van der Waals surface area contributed by atoms with Crippen molar-refractivity contribution in [2.24, 2.45) is 0 Å². The maximum Gasteiger partial charge on any atom is 0.323 e. The van der Waals surface area contributed by atoms with Gasteiger partial charge in [-0.2, -0.15) is 5.10 Å². The highest BCUT2D eigenvalue weighted by Crippen LogP contribution is 2.60. The Labute approximate surface area is 194 Å². The number of benzene rings is 1. The zero-order valence-corrected chi connectivity index (χ0v) is 20.7. The topological polar surface area (TPSA) is 90.1 Å². The molecule has 3 N–H and O–H groups in total. The predicted molar refractivity (Wildman–Crippen MR) is 128 cm³/mol. The second kappa shape index (κ2) is 7.72. The molecule has 0 bridgehead atoms. The van der Waals surface area contributed by atoms with Crippen LogP contribution in [0.5, 0.6) is 0 Å². The third-order valence-corrected chi connectivity index (χ3v) is 10.1. The number of anilines is 2. The van der Waals surface area contributed by atoms with Crippen molar-refractivity contribution in [2.45, 2.75) is 56.9 Å². The molecule has 180 valence electrons. The van der Waals surface area contributed by atoms with Crippen LogP contribution in [0, 0.1) is 18.6 Å². The molecule has 1 saturated carbocycles. The number of aryl methyl sites for hydroxylation is 1. The number of amides is 3. The molecule has 2 aromatic rings. The SMILES string of the molecule is Cc1ccc(F)c(NC(=O)N2Cc3c(NC(=O)C4(S(C)(C)C)CCC4)n[nH]c3C2(C)C)c1F. The number of hydrogen-bond donors (Lipinski definition) is 3. The molecule has 1 aromatic heterocycles. The van der Waals surface area contributed by atoms with Crippen molar-refractivity contribution >= 4 is 33.5 Å². The number of fused-ring (bicyclic) bond motifs is 1. The van der Waals surface area contributed by atoms with Crippen molar-refractivity contribution in [3.05, 3.63) is 40.6 Å². The number of urea groups is 1. The van der Waals surface area contributed by atoms with Gasteiger partial charge in [0, 0.05) is 5.56 Å². The fourth-order valence-electron chi connectivity index (χ4n) is 4.73. The number of H-pyrrole nitrogens is 1. The van der Waals surface area contributed by atoms with Crippen LogP contribution in [-0.2, 0) is 16.9 Å². The summed E-state index contributed by atoms with van der Waals surface area (Å²) in [6.07, 6.45) is 9.21. The lowest BCUT2D eigenvalue weighted by Crippen LogP contribution is -2.51. The van der Waals surface area contributed by atoms with Crippen LogP contribution in [0.3, 0.4) is 0 Å². The van der Waals surface area contributed by atoms with Crippen molar-refractivity contribution in [1.82, 2.24) is 15.1 Å². The standard InChI is InChI=1S/C23H31F2N5O2S/c1-13-8-9-15(24)17(16(13)25)26-21(32)30-12-14-18(22(30,2)3)28-29-19(14)27-20(31)23(10-7-11-23)33(4,5)6/h8-9H,7,10-12H2,1-6H3,(H,26,32)(H2,27,28,29,31). The van der Waals surface area contributed by atoms with Gasteiger partial charge in [-0.25, -0.2) is 23.6 Å². The highest BCUT2D eigenvalue weighted by Gasteiger charge is 2.51. The molecule has 2 aliphatic rings. The van der Waals surface area contributed by atoms with Gasteiger partial charge in [0.1, 0.15) is 11.5 Å². The molecule has 0 saturated heterocycles. The summed E-state index contributed by atoms with van der Waals surface area (Å²) in [6, 6.07) is 1.80. The van der Waals surface area contributed by atoms with Gasteiger partial charge in [-0.3, -0.25) is 9.89 Å². The van der Waals surface area contributed by atoms with Gasteiger partial charge < -0.3 is 15.5 Å². The second-order valence-electron chi connectivity index (χ2n) is 10.2.